The van der Waals surface area contributed by atoms with Crippen LogP contribution in [-0.4, -0.2) is 26.9 Å². The Balaban J connectivity index is 1.55. The zero-order chi connectivity index (χ0) is 18.1. The van der Waals surface area contributed by atoms with Crippen molar-refractivity contribution < 1.29 is 13.5 Å². The molecule has 1 fully saturated rings. The average molecular weight is 356 g/mol. The Morgan fingerprint density at radius 3 is 2.85 bits per heavy atom. The standard InChI is InChI=1S/C19H21FN4O2/c1-12-17(10-24-11-21-18(23-24)13-5-3-4-6-13)22-19(26-12)15-8-7-14(25-2)9-16(15)20/h7-9,11,13H,3-6,10H2,1-2H3. The van der Waals surface area contributed by atoms with E-state index in [1.54, 1.807) is 23.1 Å². The summed E-state index contributed by atoms with van der Waals surface area (Å²) >= 11 is 0. The number of halogens is 1. The first-order valence-electron chi connectivity index (χ1n) is 8.83. The van der Waals surface area contributed by atoms with E-state index in [0.717, 1.165) is 24.4 Å². The minimum atomic E-state index is -0.429. The molecule has 0 atom stereocenters. The number of rotatable bonds is 5. The van der Waals surface area contributed by atoms with Gasteiger partial charge in [-0.15, -0.1) is 0 Å². The van der Waals surface area contributed by atoms with Crippen molar-refractivity contribution in [3.05, 3.63) is 47.6 Å². The molecule has 0 saturated heterocycles. The molecule has 136 valence electrons. The molecule has 0 bridgehead atoms. The highest BCUT2D eigenvalue weighted by Gasteiger charge is 2.21. The van der Waals surface area contributed by atoms with Crippen LogP contribution in [-0.2, 0) is 6.54 Å². The summed E-state index contributed by atoms with van der Waals surface area (Å²) in [6.07, 6.45) is 6.55. The highest BCUT2D eigenvalue weighted by molar-refractivity contribution is 5.56. The third-order valence-electron chi connectivity index (χ3n) is 4.89. The Morgan fingerprint density at radius 2 is 2.12 bits per heavy atom. The highest BCUT2D eigenvalue weighted by atomic mass is 19.1. The highest BCUT2D eigenvalue weighted by Crippen LogP contribution is 2.32. The Hall–Kier alpha value is -2.70. The van der Waals surface area contributed by atoms with Crippen molar-refractivity contribution in [3.8, 4) is 17.2 Å². The molecule has 0 N–H and O–H groups in total. The van der Waals surface area contributed by atoms with E-state index in [-0.39, 0.29) is 5.89 Å². The van der Waals surface area contributed by atoms with Crippen LogP contribution in [0.3, 0.4) is 0 Å². The molecule has 26 heavy (non-hydrogen) atoms. The molecule has 1 aliphatic carbocycles. The lowest BCUT2D eigenvalue weighted by molar-refractivity contribution is 0.411. The van der Waals surface area contributed by atoms with Gasteiger partial charge in [0, 0.05) is 12.0 Å². The normalized spacial score (nSPS) is 14.9. The fourth-order valence-electron chi connectivity index (χ4n) is 3.40. The summed E-state index contributed by atoms with van der Waals surface area (Å²) in [7, 11) is 1.50. The second-order valence-electron chi connectivity index (χ2n) is 6.65. The Kier molecular flexibility index (Phi) is 4.44. The molecule has 4 rings (SSSR count). The van der Waals surface area contributed by atoms with Crippen molar-refractivity contribution in [3.63, 3.8) is 0 Å². The van der Waals surface area contributed by atoms with Crippen molar-refractivity contribution in [2.75, 3.05) is 7.11 Å². The molecular formula is C19H21FN4O2. The van der Waals surface area contributed by atoms with Crippen LogP contribution in [0.25, 0.3) is 11.5 Å². The Bertz CT molecular complexity index is 912. The SMILES string of the molecule is COc1ccc(-c2nc(Cn3cnc(C4CCCC4)n3)c(C)o2)c(F)c1. The van der Waals surface area contributed by atoms with Crippen LogP contribution in [0.5, 0.6) is 5.75 Å². The molecule has 0 aliphatic heterocycles. The van der Waals surface area contributed by atoms with E-state index in [0.29, 0.717) is 29.5 Å². The molecule has 6 nitrogen and oxygen atoms in total. The van der Waals surface area contributed by atoms with Crippen LogP contribution >= 0.6 is 0 Å². The van der Waals surface area contributed by atoms with Crippen molar-refractivity contribution in [2.24, 2.45) is 0 Å². The molecule has 1 aromatic carbocycles. The maximum Gasteiger partial charge on any atom is 0.229 e. The first kappa shape index (κ1) is 16.8. The van der Waals surface area contributed by atoms with Gasteiger partial charge in [0.05, 0.1) is 19.2 Å². The molecule has 0 spiro atoms. The van der Waals surface area contributed by atoms with E-state index in [1.807, 2.05) is 6.92 Å². The number of oxazole rings is 1. The maximum atomic E-state index is 14.3. The molecule has 7 heteroatoms. The van der Waals surface area contributed by atoms with Gasteiger partial charge in [0.15, 0.2) is 5.82 Å². The lowest BCUT2D eigenvalue weighted by atomic mass is 10.1. The van der Waals surface area contributed by atoms with Crippen LogP contribution < -0.4 is 4.74 Å². The molecular weight excluding hydrogens is 335 g/mol. The number of aryl methyl sites for hydroxylation is 1. The molecule has 2 aromatic heterocycles. The van der Waals surface area contributed by atoms with Crippen LogP contribution in [0.1, 0.15) is 48.9 Å². The molecule has 0 radical (unpaired) electrons. The Morgan fingerprint density at radius 1 is 1.31 bits per heavy atom. The monoisotopic (exact) mass is 356 g/mol. The summed E-state index contributed by atoms with van der Waals surface area (Å²) in [4.78, 5) is 8.90. The van der Waals surface area contributed by atoms with Crippen LogP contribution in [0, 0.1) is 12.7 Å². The topological polar surface area (TPSA) is 66.0 Å². The van der Waals surface area contributed by atoms with Crippen molar-refractivity contribution in [2.45, 2.75) is 45.1 Å². The third kappa shape index (κ3) is 3.21. The van der Waals surface area contributed by atoms with Gasteiger partial charge in [0.2, 0.25) is 5.89 Å². The number of hydrogen-bond acceptors (Lipinski definition) is 5. The number of hydrogen-bond donors (Lipinski definition) is 0. The number of benzene rings is 1. The van der Waals surface area contributed by atoms with Gasteiger partial charge in [-0.05, 0) is 31.9 Å². The lowest BCUT2D eigenvalue weighted by Gasteiger charge is -2.02. The molecule has 0 amide bonds. The van der Waals surface area contributed by atoms with E-state index < -0.39 is 5.82 Å². The van der Waals surface area contributed by atoms with Gasteiger partial charge >= 0.3 is 0 Å². The smallest absolute Gasteiger partial charge is 0.229 e. The summed E-state index contributed by atoms with van der Waals surface area (Å²) in [6, 6.07) is 4.61. The average Bonchev–Trinajstić information content (AvgIpc) is 3.37. The van der Waals surface area contributed by atoms with Gasteiger partial charge in [-0.3, -0.25) is 0 Å². The van der Waals surface area contributed by atoms with Gasteiger partial charge in [-0.2, -0.15) is 5.10 Å². The van der Waals surface area contributed by atoms with Crippen molar-refractivity contribution >= 4 is 0 Å². The van der Waals surface area contributed by atoms with Gasteiger partial charge in [-0.1, -0.05) is 12.8 Å². The largest absolute Gasteiger partial charge is 0.497 e. The molecule has 3 aromatic rings. The molecule has 1 aliphatic rings. The number of ether oxygens (including phenoxy) is 1. The molecule has 1 saturated carbocycles. The lowest BCUT2D eigenvalue weighted by Crippen LogP contribution is -2.04. The van der Waals surface area contributed by atoms with Crippen LogP contribution in [0.2, 0.25) is 0 Å². The zero-order valence-electron chi connectivity index (χ0n) is 14.9. The summed E-state index contributed by atoms with van der Waals surface area (Å²) in [5, 5.41) is 4.58. The van der Waals surface area contributed by atoms with Gasteiger partial charge in [-0.25, -0.2) is 19.0 Å². The zero-order valence-corrected chi connectivity index (χ0v) is 14.9. The number of aromatic nitrogens is 4. The minimum Gasteiger partial charge on any atom is -0.497 e. The quantitative estimate of drug-likeness (QED) is 0.689. The van der Waals surface area contributed by atoms with E-state index in [4.69, 9.17) is 9.15 Å². The van der Waals surface area contributed by atoms with Crippen molar-refractivity contribution in [1.82, 2.24) is 19.7 Å². The van der Waals surface area contributed by atoms with E-state index in [9.17, 15) is 4.39 Å². The van der Waals surface area contributed by atoms with E-state index >= 15 is 0 Å². The first-order valence-corrected chi connectivity index (χ1v) is 8.83. The molecule has 0 unspecified atom stereocenters. The summed E-state index contributed by atoms with van der Waals surface area (Å²) in [5.41, 5.74) is 1.03. The maximum absolute atomic E-state index is 14.3. The second-order valence-corrected chi connectivity index (χ2v) is 6.65. The van der Waals surface area contributed by atoms with Gasteiger partial charge in [0.1, 0.15) is 29.3 Å². The predicted molar refractivity (Wildman–Crippen MR) is 93.5 cm³/mol. The first-order chi connectivity index (χ1) is 12.6. The fraction of sp³-hybridized carbons (Fsp3) is 0.421. The van der Waals surface area contributed by atoms with Crippen LogP contribution in [0.15, 0.2) is 28.9 Å². The summed E-state index contributed by atoms with van der Waals surface area (Å²) < 4.78 is 26.7. The Labute approximate surface area is 151 Å². The molecule has 2 heterocycles. The van der Waals surface area contributed by atoms with Gasteiger partial charge in [0.25, 0.3) is 0 Å². The number of methoxy groups -OCH3 is 1. The fourth-order valence-corrected chi connectivity index (χ4v) is 3.40. The minimum absolute atomic E-state index is 0.258. The summed E-state index contributed by atoms with van der Waals surface area (Å²) in [5.74, 6) is 2.31. The predicted octanol–water partition coefficient (Wildman–Crippen LogP) is 4.10. The second kappa shape index (κ2) is 6.90. The van der Waals surface area contributed by atoms with Crippen LogP contribution in [0.4, 0.5) is 4.39 Å². The van der Waals surface area contributed by atoms with E-state index in [1.165, 1.54) is 26.0 Å². The van der Waals surface area contributed by atoms with Crippen molar-refractivity contribution in [1.29, 1.82) is 0 Å². The van der Waals surface area contributed by atoms with Gasteiger partial charge < -0.3 is 9.15 Å². The third-order valence-corrected chi connectivity index (χ3v) is 4.89. The van der Waals surface area contributed by atoms with E-state index in [2.05, 4.69) is 15.1 Å². The number of nitrogens with zero attached hydrogens (tertiary/aromatic N) is 4. The summed E-state index contributed by atoms with van der Waals surface area (Å²) in [6.45, 7) is 2.27.